The van der Waals surface area contributed by atoms with E-state index in [1.807, 2.05) is 0 Å². The maximum absolute atomic E-state index is 9.51. The van der Waals surface area contributed by atoms with Crippen LogP contribution in [0.4, 0.5) is 0 Å². The Balaban J connectivity index is -0.000000180. The Morgan fingerprint density at radius 1 is 1.78 bits per heavy atom. The zero-order valence-corrected chi connectivity index (χ0v) is 8.48. The Bertz CT molecular complexity index is 86.4. The summed E-state index contributed by atoms with van der Waals surface area (Å²) in [6, 6.07) is 0. The van der Waals surface area contributed by atoms with Crippen LogP contribution in [0.3, 0.4) is 0 Å². The van der Waals surface area contributed by atoms with Crippen LogP contribution in [-0.2, 0) is 3.97 Å². The maximum atomic E-state index is 9.51. The number of hydrogen-bond acceptors (Lipinski definition) is 6. The van der Waals surface area contributed by atoms with Gasteiger partial charge in [0.15, 0.2) is 5.40 Å². The summed E-state index contributed by atoms with van der Waals surface area (Å²) in [7, 11) is -2.62. The van der Waals surface area contributed by atoms with Crippen molar-refractivity contribution in [2.75, 3.05) is 0 Å². The zero-order valence-electron chi connectivity index (χ0n) is 4.77. The Hall–Kier alpha value is 1.11. The molecule has 1 atom stereocenters. The monoisotopic (exact) mass is 178 g/mol. The third-order valence-corrected chi connectivity index (χ3v) is 1.02. The molecular formula is CH4N2NaO3PS. The molecule has 0 heterocycles. The minimum atomic E-state index is -2.62. The van der Waals surface area contributed by atoms with Crippen molar-refractivity contribution in [2.45, 2.75) is 0 Å². The van der Waals surface area contributed by atoms with E-state index in [9.17, 15) is 4.89 Å². The van der Waals surface area contributed by atoms with Gasteiger partial charge in [0, 0.05) is 0 Å². The van der Waals surface area contributed by atoms with E-state index in [0.29, 0.717) is 0 Å². The molecule has 0 amide bonds. The Morgan fingerprint density at radius 2 is 2.22 bits per heavy atom. The Labute approximate surface area is 80.5 Å². The summed E-state index contributed by atoms with van der Waals surface area (Å²) in [5.74, 6) is 0. The molecule has 0 spiro atoms. The van der Waals surface area contributed by atoms with Crippen LogP contribution in [0.25, 0.3) is 0 Å². The van der Waals surface area contributed by atoms with E-state index in [1.54, 1.807) is 0 Å². The van der Waals surface area contributed by atoms with Crippen molar-refractivity contribution < 1.29 is 43.3 Å². The molecule has 0 aliphatic carbocycles. The molecule has 0 saturated heterocycles. The first-order valence-corrected chi connectivity index (χ1v) is 3.03. The van der Waals surface area contributed by atoms with Gasteiger partial charge in [0.05, 0.1) is 8.60 Å². The molecule has 4 N–H and O–H groups in total. The number of nitriles is 1. The summed E-state index contributed by atoms with van der Waals surface area (Å²) in [4.78, 5) is 17.3. The van der Waals surface area contributed by atoms with E-state index in [4.69, 9.17) is 10.2 Å². The molecule has 0 fully saturated rings. The van der Waals surface area contributed by atoms with Crippen LogP contribution >= 0.6 is 20.6 Å². The van der Waals surface area contributed by atoms with Crippen molar-refractivity contribution in [1.29, 1.82) is 5.26 Å². The SMILES string of the molecule is N.N#CSOP([O-])O.[Na+]. The van der Waals surface area contributed by atoms with Crippen LogP contribution in [0.15, 0.2) is 0 Å². The van der Waals surface area contributed by atoms with Crippen LogP contribution in [0.2, 0.25) is 0 Å². The molecule has 0 aromatic heterocycles. The van der Waals surface area contributed by atoms with Crippen LogP contribution in [0, 0.1) is 10.7 Å². The third-order valence-electron chi connectivity index (χ3n) is 0.138. The van der Waals surface area contributed by atoms with Gasteiger partial charge in [0.1, 0.15) is 12.0 Å². The predicted octanol–water partition coefficient (Wildman–Crippen LogP) is -3.12. The molecule has 0 rings (SSSR count). The predicted molar refractivity (Wildman–Crippen MR) is 28.4 cm³/mol. The largest absolute Gasteiger partial charge is 1.00 e. The second-order valence-corrected chi connectivity index (χ2v) is 1.91. The van der Waals surface area contributed by atoms with Crippen molar-refractivity contribution >= 4 is 20.6 Å². The van der Waals surface area contributed by atoms with Gasteiger partial charge in [-0.2, -0.15) is 5.26 Å². The van der Waals surface area contributed by atoms with E-state index < -0.39 is 8.60 Å². The minimum absolute atomic E-state index is 0. The van der Waals surface area contributed by atoms with Crippen LogP contribution in [0.5, 0.6) is 0 Å². The maximum Gasteiger partial charge on any atom is 1.00 e. The standard InChI is InChI=1S/CHNO3PS.H3N.Na/c2-1-7-5-6(3)4;;/h3H;1H3;/q-1;;+1. The van der Waals surface area contributed by atoms with Crippen LogP contribution in [0.1, 0.15) is 0 Å². The molecule has 0 aliphatic heterocycles. The first-order chi connectivity index (χ1) is 3.27. The smallest absolute Gasteiger partial charge is 0.785 e. The molecule has 9 heavy (non-hydrogen) atoms. The first kappa shape index (κ1) is 16.6. The van der Waals surface area contributed by atoms with Gasteiger partial charge >= 0.3 is 29.6 Å². The van der Waals surface area contributed by atoms with Gasteiger partial charge < -0.3 is 15.9 Å². The Kier molecular flexibility index (Phi) is 21.9. The van der Waals surface area contributed by atoms with E-state index in [-0.39, 0.29) is 47.8 Å². The normalized spacial score (nSPS) is 9.89. The topological polar surface area (TPSA) is 111 Å². The average molecular weight is 178 g/mol. The number of hydrogen-bond donors (Lipinski definition) is 2. The average Bonchev–Trinajstić information content (AvgIpc) is 1.61. The van der Waals surface area contributed by atoms with Crippen molar-refractivity contribution in [3.63, 3.8) is 0 Å². The summed E-state index contributed by atoms with van der Waals surface area (Å²) >= 11 is 0.288. The van der Waals surface area contributed by atoms with Gasteiger partial charge in [-0.15, -0.1) is 0 Å². The van der Waals surface area contributed by atoms with Gasteiger partial charge in [0.2, 0.25) is 0 Å². The summed E-state index contributed by atoms with van der Waals surface area (Å²) in [5.41, 5.74) is 0. The summed E-state index contributed by atoms with van der Waals surface area (Å²) in [6.07, 6.45) is 0. The Morgan fingerprint density at radius 3 is 2.33 bits per heavy atom. The molecule has 48 valence electrons. The fourth-order valence-electron chi connectivity index (χ4n) is 0.0485. The summed E-state index contributed by atoms with van der Waals surface area (Å²) in [5, 5.41) is 9.11. The zero-order chi connectivity index (χ0) is 5.70. The number of nitrogens with zero attached hydrogens (tertiary/aromatic N) is 1. The number of rotatable bonds is 2. The van der Waals surface area contributed by atoms with E-state index >= 15 is 0 Å². The van der Waals surface area contributed by atoms with Gasteiger partial charge in [-0.3, -0.25) is 3.97 Å². The van der Waals surface area contributed by atoms with Crippen molar-refractivity contribution in [2.24, 2.45) is 0 Å². The van der Waals surface area contributed by atoms with Gasteiger partial charge in [-0.1, -0.05) is 0 Å². The van der Waals surface area contributed by atoms with E-state index in [2.05, 4.69) is 3.97 Å². The molecule has 0 aliphatic rings. The molecule has 0 bridgehead atoms. The van der Waals surface area contributed by atoms with Crippen LogP contribution < -0.4 is 40.6 Å². The molecule has 1 unspecified atom stereocenters. The summed E-state index contributed by atoms with van der Waals surface area (Å²) in [6.45, 7) is 0. The molecule has 0 aromatic rings. The fraction of sp³-hybridized carbons (Fsp3) is 0. The van der Waals surface area contributed by atoms with E-state index in [1.165, 1.54) is 5.40 Å². The molecule has 0 radical (unpaired) electrons. The van der Waals surface area contributed by atoms with Crippen molar-refractivity contribution in [3.05, 3.63) is 0 Å². The molecule has 5 nitrogen and oxygen atoms in total. The number of thiocyanates is 1. The molecule has 8 heteroatoms. The van der Waals surface area contributed by atoms with Gasteiger partial charge in [-0.25, -0.2) is 0 Å². The summed E-state index contributed by atoms with van der Waals surface area (Å²) < 4.78 is 3.81. The third kappa shape index (κ3) is 17.6. The second kappa shape index (κ2) is 11.9. The fourth-order valence-corrected chi connectivity index (χ4v) is 0.437. The second-order valence-electron chi connectivity index (χ2n) is 0.487. The minimum Gasteiger partial charge on any atom is -0.785 e. The molecule has 0 saturated carbocycles. The van der Waals surface area contributed by atoms with Crippen LogP contribution in [-0.4, -0.2) is 4.89 Å². The van der Waals surface area contributed by atoms with Gasteiger partial charge in [-0.05, 0) is 0 Å². The van der Waals surface area contributed by atoms with Gasteiger partial charge in [0.25, 0.3) is 0 Å². The van der Waals surface area contributed by atoms with E-state index in [0.717, 1.165) is 0 Å². The van der Waals surface area contributed by atoms with Crippen molar-refractivity contribution in [1.82, 2.24) is 6.15 Å². The quantitative estimate of drug-likeness (QED) is 0.200. The molecular weight excluding hydrogens is 174 g/mol. The first-order valence-electron chi connectivity index (χ1n) is 1.16. The van der Waals surface area contributed by atoms with Crippen molar-refractivity contribution in [3.8, 4) is 5.40 Å². The molecule has 0 aromatic carbocycles.